The van der Waals surface area contributed by atoms with Gasteiger partial charge in [0.05, 0.1) is 12.8 Å². The van der Waals surface area contributed by atoms with Gasteiger partial charge in [0, 0.05) is 46.0 Å². The van der Waals surface area contributed by atoms with E-state index >= 15 is 0 Å². The van der Waals surface area contributed by atoms with Gasteiger partial charge in [0.1, 0.15) is 11.6 Å². The number of urea groups is 1. The first-order chi connectivity index (χ1) is 12.5. The van der Waals surface area contributed by atoms with E-state index in [0.717, 1.165) is 11.3 Å². The molecule has 2 rings (SSSR count). The quantitative estimate of drug-likeness (QED) is 0.627. The molecule has 1 aliphatic heterocycles. The fourth-order valence-corrected chi connectivity index (χ4v) is 2.73. The molecule has 0 aliphatic carbocycles. The Bertz CT molecular complexity index is 695. The molecule has 1 aliphatic rings. The van der Waals surface area contributed by atoms with E-state index in [2.05, 4.69) is 16.9 Å². The molecule has 140 valence electrons. The number of amides is 2. The molecule has 7 heteroatoms. The fourth-order valence-electron chi connectivity index (χ4n) is 2.73. The van der Waals surface area contributed by atoms with E-state index in [1.165, 1.54) is 6.21 Å². The van der Waals surface area contributed by atoms with Gasteiger partial charge in [-0.05, 0) is 23.8 Å². The van der Waals surface area contributed by atoms with Crippen molar-refractivity contribution in [3.63, 3.8) is 0 Å². The first-order valence-electron chi connectivity index (χ1n) is 8.43. The molecule has 2 amide bonds. The van der Waals surface area contributed by atoms with Crippen molar-refractivity contribution >= 4 is 12.2 Å². The van der Waals surface area contributed by atoms with Gasteiger partial charge in [0.25, 0.3) is 0 Å². The van der Waals surface area contributed by atoms with Gasteiger partial charge in [-0.25, -0.2) is 9.18 Å². The lowest BCUT2D eigenvalue weighted by atomic mass is 10.2. The second-order valence-electron chi connectivity index (χ2n) is 5.85. The van der Waals surface area contributed by atoms with Crippen LogP contribution in [0.1, 0.15) is 5.56 Å². The molecular formula is C19H25FN4O2. The third-order valence-corrected chi connectivity index (χ3v) is 4.14. The minimum Gasteiger partial charge on any atom is -0.497 e. The van der Waals surface area contributed by atoms with Crippen molar-refractivity contribution in [3.05, 3.63) is 54.0 Å². The summed E-state index contributed by atoms with van der Waals surface area (Å²) in [4.78, 5) is 19.8. The molecule has 6 nitrogen and oxygen atoms in total. The van der Waals surface area contributed by atoms with Crippen molar-refractivity contribution in [1.82, 2.24) is 15.1 Å². The number of benzene rings is 1. The first kappa shape index (κ1) is 19.5. The summed E-state index contributed by atoms with van der Waals surface area (Å²) in [6, 6.07) is 7.43. The molecule has 0 spiro atoms. The summed E-state index contributed by atoms with van der Waals surface area (Å²) in [6.45, 7) is 5.90. The molecule has 1 aromatic carbocycles. The second-order valence-corrected chi connectivity index (χ2v) is 5.85. The van der Waals surface area contributed by atoms with Crippen molar-refractivity contribution in [2.75, 3.05) is 40.3 Å². The number of aliphatic imine (C=N–C) groups is 1. The molecule has 0 atom stereocenters. The van der Waals surface area contributed by atoms with Crippen LogP contribution < -0.4 is 10.1 Å². The van der Waals surface area contributed by atoms with E-state index in [9.17, 15) is 9.18 Å². The van der Waals surface area contributed by atoms with Gasteiger partial charge >= 0.3 is 6.03 Å². The number of hydrogen-bond donors (Lipinski definition) is 1. The number of rotatable bonds is 6. The van der Waals surface area contributed by atoms with Gasteiger partial charge in [-0.2, -0.15) is 0 Å². The lowest BCUT2D eigenvalue weighted by Crippen LogP contribution is -2.51. The summed E-state index contributed by atoms with van der Waals surface area (Å²) >= 11 is 0. The Hall–Kier alpha value is -2.83. The maximum atomic E-state index is 13.6. The van der Waals surface area contributed by atoms with E-state index in [1.807, 2.05) is 29.2 Å². The predicted molar refractivity (Wildman–Crippen MR) is 101 cm³/mol. The zero-order valence-corrected chi connectivity index (χ0v) is 15.2. The van der Waals surface area contributed by atoms with Crippen LogP contribution in [-0.2, 0) is 6.54 Å². The fraction of sp³-hybridized carbons (Fsp3) is 0.368. The zero-order chi connectivity index (χ0) is 18.9. The van der Waals surface area contributed by atoms with Crippen LogP contribution in [0, 0.1) is 0 Å². The van der Waals surface area contributed by atoms with Crippen LogP contribution in [0.15, 0.2) is 53.4 Å². The largest absolute Gasteiger partial charge is 0.497 e. The van der Waals surface area contributed by atoms with E-state index in [1.54, 1.807) is 25.1 Å². The molecule has 1 fully saturated rings. The van der Waals surface area contributed by atoms with Crippen molar-refractivity contribution in [1.29, 1.82) is 0 Å². The second kappa shape index (κ2) is 9.60. The van der Waals surface area contributed by atoms with Gasteiger partial charge in [0.15, 0.2) is 0 Å². The Kier molecular flexibility index (Phi) is 7.20. The Morgan fingerprint density at radius 1 is 1.35 bits per heavy atom. The molecule has 26 heavy (non-hydrogen) atoms. The lowest BCUT2D eigenvalue weighted by Gasteiger charge is -2.36. The number of nitrogens with zero attached hydrogens (tertiary/aromatic N) is 3. The molecule has 0 aromatic heterocycles. The van der Waals surface area contributed by atoms with E-state index < -0.39 is 5.83 Å². The highest BCUT2D eigenvalue weighted by molar-refractivity contribution is 5.74. The summed E-state index contributed by atoms with van der Waals surface area (Å²) in [5.74, 6) is 0.257. The monoisotopic (exact) mass is 360 g/mol. The third-order valence-electron chi connectivity index (χ3n) is 4.14. The van der Waals surface area contributed by atoms with Crippen LogP contribution >= 0.6 is 0 Å². The number of halogens is 1. The lowest BCUT2D eigenvalue weighted by molar-refractivity contribution is 0.156. The molecule has 1 heterocycles. The highest BCUT2D eigenvalue weighted by Gasteiger charge is 2.23. The molecule has 0 radical (unpaired) electrons. The minimum absolute atomic E-state index is 0.132. The maximum absolute atomic E-state index is 13.6. The highest BCUT2D eigenvalue weighted by atomic mass is 19.1. The van der Waals surface area contributed by atoms with Crippen molar-refractivity contribution in [3.8, 4) is 5.75 Å². The normalized spacial score (nSPS) is 15.3. The van der Waals surface area contributed by atoms with Gasteiger partial charge in [-0.3, -0.25) is 4.99 Å². The molecule has 1 aromatic rings. The Balaban J connectivity index is 1.86. The smallest absolute Gasteiger partial charge is 0.317 e. The maximum Gasteiger partial charge on any atom is 0.317 e. The van der Waals surface area contributed by atoms with Crippen molar-refractivity contribution in [2.24, 2.45) is 4.99 Å². The number of ether oxygens (including phenoxy) is 1. The summed E-state index contributed by atoms with van der Waals surface area (Å²) in [7, 11) is 3.23. The number of allylic oxidation sites excluding steroid dienone is 2. The van der Waals surface area contributed by atoms with Gasteiger partial charge in [-0.15, -0.1) is 0 Å². The van der Waals surface area contributed by atoms with E-state index in [0.29, 0.717) is 38.4 Å². The van der Waals surface area contributed by atoms with Crippen molar-refractivity contribution < 1.29 is 13.9 Å². The van der Waals surface area contributed by atoms with Gasteiger partial charge < -0.3 is 19.9 Å². The highest BCUT2D eigenvalue weighted by Crippen LogP contribution is 2.17. The van der Waals surface area contributed by atoms with Crippen LogP contribution in [0.5, 0.6) is 5.75 Å². The first-order valence-corrected chi connectivity index (χ1v) is 8.43. The van der Waals surface area contributed by atoms with E-state index in [-0.39, 0.29) is 6.03 Å². The molecular weight excluding hydrogens is 335 g/mol. The number of carbonyl (C=O) groups excluding carboxylic acids is 1. The number of hydrogen-bond acceptors (Lipinski definition) is 4. The van der Waals surface area contributed by atoms with Crippen LogP contribution in [0.3, 0.4) is 0 Å². The van der Waals surface area contributed by atoms with Gasteiger partial charge in [0.2, 0.25) is 0 Å². The third kappa shape index (κ3) is 5.34. The summed E-state index contributed by atoms with van der Waals surface area (Å²) in [5, 5.41) is 2.91. The zero-order valence-electron chi connectivity index (χ0n) is 15.2. The average Bonchev–Trinajstić information content (AvgIpc) is 2.67. The van der Waals surface area contributed by atoms with Crippen LogP contribution in [0.25, 0.3) is 0 Å². The molecule has 0 bridgehead atoms. The van der Waals surface area contributed by atoms with Crippen LogP contribution in [-0.4, -0.2) is 62.4 Å². The topological polar surface area (TPSA) is 57.2 Å². The molecule has 0 saturated carbocycles. The number of nitrogens with one attached hydrogen (secondary N) is 1. The summed E-state index contributed by atoms with van der Waals surface area (Å²) < 4.78 is 18.8. The number of carbonyl (C=O) groups is 1. The predicted octanol–water partition coefficient (Wildman–Crippen LogP) is 2.59. The SMILES string of the molecule is C=C(F)/C(=C\C=N/C)N1CCN(C(=O)NCc2cccc(OC)c2)CC1. The average molecular weight is 360 g/mol. The van der Waals surface area contributed by atoms with E-state index in [4.69, 9.17) is 4.74 Å². The number of methoxy groups -OCH3 is 1. The van der Waals surface area contributed by atoms with Crippen molar-refractivity contribution in [2.45, 2.75) is 6.54 Å². The summed E-state index contributed by atoms with van der Waals surface area (Å²) in [5.41, 5.74) is 1.38. The minimum atomic E-state index is -0.499. The Labute approximate surface area is 153 Å². The Morgan fingerprint density at radius 3 is 2.65 bits per heavy atom. The summed E-state index contributed by atoms with van der Waals surface area (Å²) in [6.07, 6.45) is 3.13. The Morgan fingerprint density at radius 2 is 2.04 bits per heavy atom. The van der Waals surface area contributed by atoms with Crippen LogP contribution in [0.4, 0.5) is 9.18 Å². The van der Waals surface area contributed by atoms with Gasteiger partial charge in [-0.1, -0.05) is 18.7 Å². The molecule has 0 unspecified atom stereocenters. The van der Waals surface area contributed by atoms with Crippen LogP contribution in [0.2, 0.25) is 0 Å². The molecule has 1 N–H and O–H groups in total. The number of piperazine rings is 1. The standard InChI is InChI=1S/C19H25FN4O2/c1-15(20)18(7-8-21-2)23-9-11-24(12-10-23)19(25)22-14-16-5-4-6-17(13-16)26-3/h4-8,13H,1,9-12,14H2,2-3H3,(H,22,25)/b18-7+,21-8-. The molecule has 1 saturated heterocycles.